The Hall–Kier alpha value is -0.890. The second-order valence-electron chi connectivity index (χ2n) is 2.76. The maximum absolute atomic E-state index is 11.7. The van der Waals surface area contributed by atoms with Crippen molar-refractivity contribution in [2.75, 3.05) is 7.05 Å². The zero-order chi connectivity index (χ0) is 12.2. The van der Waals surface area contributed by atoms with Crippen LogP contribution in [0.3, 0.4) is 0 Å². The van der Waals surface area contributed by atoms with E-state index in [1.807, 2.05) is 0 Å². The van der Waals surface area contributed by atoms with Gasteiger partial charge in [-0.2, -0.15) is 0 Å². The summed E-state index contributed by atoms with van der Waals surface area (Å²) >= 11 is 10.4. The van der Waals surface area contributed by atoms with Gasteiger partial charge in [-0.1, -0.05) is 11.6 Å². The summed E-state index contributed by atoms with van der Waals surface area (Å²) in [6.45, 7) is 0. The Morgan fingerprint density at radius 3 is 2.38 bits per heavy atom. The third-order valence-electron chi connectivity index (χ3n) is 1.65. The molecule has 0 unspecified atom stereocenters. The maximum Gasteiger partial charge on any atom is 0.257 e. The molecule has 0 atom stereocenters. The van der Waals surface area contributed by atoms with Crippen molar-refractivity contribution in [1.29, 1.82) is 0 Å². The van der Waals surface area contributed by atoms with Crippen molar-refractivity contribution >= 4 is 39.0 Å². The summed E-state index contributed by atoms with van der Waals surface area (Å²) in [6.07, 6.45) is 0. The van der Waals surface area contributed by atoms with Gasteiger partial charge in [0.15, 0.2) is 5.11 Å². The second kappa shape index (κ2) is 5.44. The summed E-state index contributed by atoms with van der Waals surface area (Å²) in [4.78, 5) is 2.22. The highest BCUT2D eigenvalue weighted by Gasteiger charge is 2.13. The van der Waals surface area contributed by atoms with Gasteiger partial charge in [0.05, 0.1) is 4.90 Å². The van der Waals surface area contributed by atoms with Crippen LogP contribution in [-0.4, -0.2) is 20.6 Å². The number of thiocarbonyl (C=S) groups is 1. The van der Waals surface area contributed by atoms with Crippen molar-refractivity contribution in [1.82, 2.24) is 15.6 Å². The van der Waals surface area contributed by atoms with Crippen molar-refractivity contribution in [2.45, 2.75) is 4.90 Å². The van der Waals surface area contributed by atoms with E-state index in [-0.39, 0.29) is 10.0 Å². The molecule has 88 valence electrons. The summed E-state index contributed by atoms with van der Waals surface area (Å²) in [5.41, 5.74) is 2.34. The molecule has 0 aliphatic heterocycles. The molecular formula is C8H10ClN3O2S2. The van der Waals surface area contributed by atoms with E-state index in [2.05, 4.69) is 15.6 Å². The number of hydrogen-bond donors (Lipinski definition) is 3. The molecule has 0 radical (unpaired) electrons. The number of rotatable bonds is 3. The van der Waals surface area contributed by atoms with Gasteiger partial charge in [0.25, 0.3) is 10.0 Å². The lowest BCUT2D eigenvalue weighted by Crippen LogP contribution is -2.45. The molecule has 0 bridgehead atoms. The van der Waals surface area contributed by atoms with Crippen LogP contribution in [0.15, 0.2) is 29.2 Å². The van der Waals surface area contributed by atoms with Crippen LogP contribution in [0.25, 0.3) is 0 Å². The maximum atomic E-state index is 11.7. The Kier molecular flexibility index (Phi) is 4.48. The molecule has 0 amide bonds. The highest BCUT2D eigenvalue weighted by molar-refractivity contribution is 7.89. The second-order valence-corrected chi connectivity index (χ2v) is 5.29. The van der Waals surface area contributed by atoms with Crippen molar-refractivity contribution in [3.63, 3.8) is 0 Å². The predicted octanol–water partition coefficient (Wildman–Crippen LogP) is 0.627. The topological polar surface area (TPSA) is 70.2 Å². The van der Waals surface area contributed by atoms with Gasteiger partial charge >= 0.3 is 0 Å². The van der Waals surface area contributed by atoms with E-state index in [0.29, 0.717) is 5.02 Å². The first-order valence-electron chi connectivity index (χ1n) is 4.21. The Bertz CT molecular complexity index is 473. The Balaban J connectivity index is 2.78. The van der Waals surface area contributed by atoms with E-state index in [1.54, 1.807) is 7.05 Å². The monoisotopic (exact) mass is 279 g/mol. The Morgan fingerprint density at radius 1 is 1.31 bits per heavy atom. The minimum absolute atomic E-state index is 0.100. The SMILES string of the molecule is CNC(=S)NNS(=O)(=O)c1ccc(Cl)cc1. The van der Waals surface area contributed by atoms with Crippen molar-refractivity contribution < 1.29 is 8.42 Å². The first-order valence-corrected chi connectivity index (χ1v) is 6.48. The summed E-state index contributed by atoms with van der Waals surface area (Å²) in [7, 11) is -2.05. The number of nitrogens with one attached hydrogen (secondary N) is 3. The molecule has 1 aromatic rings. The first-order chi connectivity index (χ1) is 7.45. The minimum atomic E-state index is -3.63. The van der Waals surface area contributed by atoms with Crippen LogP contribution in [0.4, 0.5) is 0 Å². The smallest absolute Gasteiger partial charge is 0.257 e. The van der Waals surface area contributed by atoms with Crippen molar-refractivity contribution in [3.8, 4) is 0 Å². The van der Waals surface area contributed by atoms with Gasteiger partial charge in [-0.25, -0.2) is 8.42 Å². The molecule has 3 N–H and O–H groups in total. The van der Waals surface area contributed by atoms with Gasteiger partial charge in [-0.3, -0.25) is 5.43 Å². The number of sulfonamides is 1. The normalized spacial score (nSPS) is 10.9. The lowest BCUT2D eigenvalue weighted by Gasteiger charge is -2.09. The van der Waals surface area contributed by atoms with Crippen LogP contribution >= 0.6 is 23.8 Å². The molecule has 0 fully saturated rings. The van der Waals surface area contributed by atoms with Crippen molar-refractivity contribution in [3.05, 3.63) is 29.3 Å². The fourth-order valence-corrected chi connectivity index (χ4v) is 1.94. The van der Waals surface area contributed by atoms with Gasteiger partial charge < -0.3 is 5.32 Å². The average molecular weight is 280 g/mol. The van der Waals surface area contributed by atoms with Crippen LogP contribution in [0, 0.1) is 0 Å². The fraction of sp³-hybridized carbons (Fsp3) is 0.125. The van der Waals surface area contributed by atoms with Crippen LogP contribution < -0.4 is 15.6 Å². The minimum Gasteiger partial charge on any atom is -0.365 e. The van der Waals surface area contributed by atoms with Gasteiger partial charge in [0, 0.05) is 12.1 Å². The summed E-state index contributed by atoms with van der Waals surface area (Å²) in [6, 6.07) is 5.78. The number of halogens is 1. The molecule has 0 saturated heterocycles. The standard InChI is InChI=1S/C8H10ClN3O2S2/c1-10-8(15)11-12-16(13,14)7-4-2-6(9)3-5-7/h2-5,12H,1H3,(H2,10,11,15). The first kappa shape index (κ1) is 13.2. The fourth-order valence-electron chi connectivity index (χ4n) is 0.849. The lowest BCUT2D eigenvalue weighted by molar-refractivity contribution is 0.577. The summed E-state index contributed by atoms with van der Waals surface area (Å²) in [5.74, 6) is 0. The van der Waals surface area contributed by atoms with Crippen LogP contribution in [0.1, 0.15) is 0 Å². The predicted molar refractivity (Wildman–Crippen MR) is 66.6 cm³/mol. The largest absolute Gasteiger partial charge is 0.365 e. The average Bonchev–Trinajstić information content (AvgIpc) is 2.26. The van der Waals surface area contributed by atoms with E-state index in [9.17, 15) is 8.42 Å². The van der Waals surface area contributed by atoms with E-state index in [4.69, 9.17) is 23.8 Å². The molecule has 0 saturated carbocycles. The summed E-state index contributed by atoms with van der Waals surface area (Å²) < 4.78 is 23.3. The zero-order valence-corrected chi connectivity index (χ0v) is 10.7. The molecule has 0 aromatic heterocycles. The van der Waals surface area contributed by atoms with Crippen molar-refractivity contribution in [2.24, 2.45) is 0 Å². The summed E-state index contributed by atoms with van der Waals surface area (Å²) in [5, 5.41) is 3.22. The molecular weight excluding hydrogens is 270 g/mol. The van der Waals surface area contributed by atoms with Gasteiger partial charge in [0.1, 0.15) is 0 Å². The molecule has 5 nitrogen and oxygen atoms in total. The quantitative estimate of drug-likeness (QED) is 0.559. The highest BCUT2D eigenvalue weighted by Crippen LogP contribution is 2.13. The third kappa shape index (κ3) is 3.60. The van der Waals surface area contributed by atoms with Crippen LogP contribution in [0.2, 0.25) is 5.02 Å². The van der Waals surface area contributed by atoms with Gasteiger partial charge in [0.2, 0.25) is 0 Å². The molecule has 0 aliphatic rings. The van der Waals surface area contributed by atoms with E-state index in [0.717, 1.165) is 0 Å². The molecule has 0 spiro atoms. The van der Waals surface area contributed by atoms with E-state index in [1.165, 1.54) is 24.3 Å². The van der Waals surface area contributed by atoms with E-state index < -0.39 is 10.0 Å². The molecule has 8 heteroatoms. The third-order valence-corrected chi connectivity index (χ3v) is 3.47. The Morgan fingerprint density at radius 2 is 1.88 bits per heavy atom. The number of benzene rings is 1. The van der Waals surface area contributed by atoms with E-state index >= 15 is 0 Å². The molecule has 0 aliphatic carbocycles. The molecule has 1 aromatic carbocycles. The van der Waals surface area contributed by atoms with Crippen LogP contribution in [0.5, 0.6) is 0 Å². The number of hydrogen-bond acceptors (Lipinski definition) is 3. The molecule has 16 heavy (non-hydrogen) atoms. The molecule has 1 rings (SSSR count). The van der Waals surface area contributed by atoms with Gasteiger partial charge in [-0.05, 0) is 36.5 Å². The Labute approximate surface area is 104 Å². The molecule has 0 heterocycles. The zero-order valence-electron chi connectivity index (χ0n) is 8.32. The van der Waals surface area contributed by atoms with Gasteiger partial charge in [-0.15, -0.1) is 4.83 Å². The lowest BCUT2D eigenvalue weighted by atomic mass is 10.4. The highest BCUT2D eigenvalue weighted by atomic mass is 35.5. The van der Waals surface area contributed by atoms with Crippen LogP contribution in [-0.2, 0) is 10.0 Å². The number of hydrazine groups is 1.